The zero-order valence-corrected chi connectivity index (χ0v) is 16.1. The predicted molar refractivity (Wildman–Crippen MR) is 116 cm³/mol. The minimum Gasteiger partial charge on any atom is -0.267 e. The Bertz CT molecular complexity index is 1460. The van der Waals surface area contributed by atoms with Crippen LogP contribution in [-0.2, 0) is 0 Å². The van der Waals surface area contributed by atoms with Crippen molar-refractivity contribution < 1.29 is 4.79 Å². The first-order valence-corrected chi connectivity index (χ1v) is 9.43. The molecule has 3 aromatic carbocycles. The number of benzene rings is 3. The van der Waals surface area contributed by atoms with Crippen LogP contribution in [0.5, 0.6) is 0 Å². The third-order valence-corrected chi connectivity index (χ3v) is 5.02. The number of nitrogens with one attached hydrogen (secondary N) is 1. The van der Waals surface area contributed by atoms with E-state index in [-0.39, 0.29) is 5.91 Å². The van der Waals surface area contributed by atoms with Crippen LogP contribution in [0.2, 0.25) is 0 Å². The smallest absolute Gasteiger partial charge is 0.267 e. The van der Waals surface area contributed by atoms with Gasteiger partial charge in [-0.2, -0.15) is 5.10 Å². The van der Waals surface area contributed by atoms with Gasteiger partial charge in [0.1, 0.15) is 11.7 Å². The summed E-state index contributed by atoms with van der Waals surface area (Å²) in [4.78, 5) is 30.1. The summed E-state index contributed by atoms with van der Waals surface area (Å²) in [5.74, 6) is -0.388. The van der Waals surface area contributed by atoms with Crippen molar-refractivity contribution in [2.45, 2.75) is 6.92 Å². The summed E-state index contributed by atoms with van der Waals surface area (Å²) < 4.78 is 2.70. The van der Waals surface area contributed by atoms with Crippen molar-refractivity contribution >= 4 is 27.7 Å². The first kappa shape index (κ1) is 17.8. The minimum atomic E-state index is -0.396. The van der Waals surface area contributed by atoms with Gasteiger partial charge in [-0.1, -0.05) is 54.1 Å². The number of aryl methyl sites for hydroxylation is 1. The summed E-state index contributed by atoms with van der Waals surface area (Å²) in [6, 6.07) is 20.8. The van der Waals surface area contributed by atoms with Crippen LogP contribution < -0.4 is 11.0 Å². The Hall–Kier alpha value is -4.26. The fourth-order valence-corrected chi connectivity index (χ4v) is 3.46. The molecule has 0 unspecified atom stereocenters. The topological polar surface area (TPSA) is 81.8 Å². The summed E-state index contributed by atoms with van der Waals surface area (Å²) >= 11 is 0. The summed E-state index contributed by atoms with van der Waals surface area (Å²) in [6.07, 6.45) is 2.77. The maximum atomic E-state index is 12.9. The Kier molecular flexibility index (Phi) is 4.14. The molecule has 7 heteroatoms. The van der Waals surface area contributed by atoms with Crippen LogP contribution in [0.15, 0.2) is 84.0 Å². The molecule has 2 aromatic heterocycles. The number of carbonyl (C=O) groups is 1. The number of fused-ring (bicyclic) bond motifs is 2. The predicted octanol–water partition coefficient (Wildman–Crippen LogP) is 3.43. The SMILES string of the molecule is Cc1ccc(-n2ncc3c(=O)n(NC(=O)c4cccc5ccccc45)cnc32)cc1. The quantitative estimate of drug-likeness (QED) is 0.507. The first-order chi connectivity index (χ1) is 14.6. The molecule has 1 N–H and O–H groups in total. The second-order valence-electron chi connectivity index (χ2n) is 7.02. The Morgan fingerprint density at radius 2 is 1.70 bits per heavy atom. The number of nitrogens with zero attached hydrogens (tertiary/aromatic N) is 4. The van der Waals surface area contributed by atoms with Gasteiger partial charge in [-0.25, -0.2) is 14.3 Å². The van der Waals surface area contributed by atoms with E-state index in [4.69, 9.17) is 0 Å². The Morgan fingerprint density at radius 3 is 2.53 bits per heavy atom. The van der Waals surface area contributed by atoms with Gasteiger partial charge in [0.25, 0.3) is 11.5 Å². The lowest BCUT2D eigenvalue weighted by atomic mass is 10.0. The van der Waals surface area contributed by atoms with E-state index in [1.807, 2.05) is 67.6 Å². The summed E-state index contributed by atoms with van der Waals surface area (Å²) in [7, 11) is 0. The highest BCUT2D eigenvalue weighted by atomic mass is 16.2. The van der Waals surface area contributed by atoms with E-state index < -0.39 is 5.56 Å². The summed E-state index contributed by atoms with van der Waals surface area (Å²) in [5, 5.41) is 6.38. The van der Waals surface area contributed by atoms with Crippen LogP contribution in [0.3, 0.4) is 0 Å². The molecule has 0 atom stereocenters. The molecule has 5 aromatic rings. The van der Waals surface area contributed by atoms with Gasteiger partial charge in [-0.15, -0.1) is 0 Å². The molecule has 146 valence electrons. The number of amides is 1. The molecule has 5 rings (SSSR count). The standard InChI is InChI=1S/C23H17N5O2/c1-15-9-11-17(12-10-15)28-21-20(13-25-28)23(30)27(14-24-21)26-22(29)19-8-4-6-16-5-2-3-7-18(16)19/h2-14H,1H3,(H,26,29). The molecule has 1 amide bonds. The molecule has 7 nitrogen and oxygen atoms in total. The van der Waals surface area contributed by atoms with Crippen LogP contribution in [0.4, 0.5) is 0 Å². The zero-order chi connectivity index (χ0) is 20.7. The van der Waals surface area contributed by atoms with E-state index in [2.05, 4.69) is 15.5 Å². The van der Waals surface area contributed by atoms with Crippen LogP contribution in [0.25, 0.3) is 27.5 Å². The van der Waals surface area contributed by atoms with Gasteiger partial charge >= 0.3 is 0 Å². The number of carbonyl (C=O) groups excluding carboxylic acids is 1. The number of hydrogen-bond acceptors (Lipinski definition) is 4. The third kappa shape index (κ3) is 2.93. The molecule has 0 saturated carbocycles. The Morgan fingerprint density at radius 1 is 0.933 bits per heavy atom. The van der Waals surface area contributed by atoms with Crippen molar-refractivity contribution in [2.75, 3.05) is 5.43 Å². The van der Waals surface area contributed by atoms with Gasteiger partial charge in [-0.05, 0) is 35.9 Å². The highest BCUT2D eigenvalue weighted by Gasteiger charge is 2.15. The fraction of sp³-hybridized carbons (Fsp3) is 0.0435. The molecule has 0 aliphatic heterocycles. The Labute approximate surface area is 171 Å². The first-order valence-electron chi connectivity index (χ1n) is 9.43. The van der Waals surface area contributed by atoms with Crippen molar-refractivity contribution in [1.82, 2.24) is 19.4 Å². The normalized spacial score (nSPS) is 11.1. The lowest BCUT2D eigenvalue weighted by molar-refractivity contribution is 0.101. The lowest BCUT2D eigenvalue weighted by Gasteiger charge is -2.10. The van der Waals surface area contributed by atoms with E-state index >= 15 is 0 Å². The molecule has 2 heterocycles. The third-order valence-electron chi connectivity index (χ3n) is 5.02. The van der Waals surface area contributed by atoms with Gasteiger partial charge in [0, 0.05) is 5.56 Å². The zero-order valence-electron chi connectivity index (χ0n) is 16.1. The monoisotopic (exact) mass is 395 g/mol. The highest BCUT2D eigenvalue weighted by Crippen LogP contribution is 2.19. The number of hydrogen-bond donors (Lipinski definition) is 1. The van der Waals surface area contributed by atoms with Gasteiger partial charge in [0.2, 0.25) is 0 Å². The maximum absolute atomic E-state index is 12.9. The number of aromatic nitrogens is 4. The van der Waals surface area contributed by atoms with Crippen molar-refractivity contribution in [3.8, 4) is 5.69 Å². The average Bonchev–Trinajstić information content (AvgIpc) is 3.20. The molecule has 30 heavy (non-hydrogen) atoms. The highest BCUT2D eigenvalue weighted by molar-refractivity contribution is 6.10. The maximum Gasteiger partial charge on any atom is 0.283 e. The minimum absolute atomic E-state index is 0.316. The molecule has 0 fully saturated rings. The summed E-state index contributed by atoms with van der Waals surface area (Å²) in [6.45, 7) is 2.00. The van der Waals surface area contributed by atoms with Gasteiger partial charge in [0.05, 0.1) is 11.9 Å². The average molecular weight is 395 g/mol. The van der Waals surface area contributed by atoms with Crippen LogP contribution >= 0.6 is 0 Å². The summed E-state index contributed by atoms with van der Waals surface area (Å²) in [5.41, 5.74) is 5.08. The number of rotatable bonds is 3. The van der Waals surface area contributed by atoms with E-state index in [1.54, 1.807) is 10.7 Å². The van der Waals surface area contributed by atoms with Gasteiger partial charge in [-0.3, -0.25) is 15.0 Å². The van der Waals surface area contributed by atoms with Gasteiger partial charge in [0.15, 0.2) is 5.65 Å². The van der Waals surface area contributed by atoms with Crippen molar-refractivity contribution in [2.24, 2.45) is 0 Å². The molecule has 0 saturated heterocycles. The largest absolute Gasteiger partial charge is 0.283 e. The van der Waals surface area contributed by atoms with E-state index in [0.29, 0.717) is 16.6 Å². The Balaban J connectivity index is 1.52. The van der Waals surface area contributed by atoms with Crippen LogP contribution in [0, 0.1) is 6.92 Å². The molecule has 0 radical (unpaired) electrons. The van der Waals surface area contributed by atoms with Gasteiger partial charge < -0.3 is 0 Å². The van der Waals surface area contributed by atoms with Crippen molar-refractivity contribution in [3.63, 3.8) is 0 Å². The van der Waals surface area contributed by atoms with E-state index in [9.17, 15) is 9.59 Å². The second-order valence-corrected chi connectivity index (χ2v) is 7.02. The molecular formula is C23H17N5O2. The lowest BCUT2D eigenvalue weighted by Crippen LogP contribution is -2.33. The molecular weight excluding hydrogens is 378 g/mol. The van der Waals surface area contributed by atoms with Crippen molar-refractivity contribution in [1.29, 1.82) is 0 Å². The molecule has 0 bridgehead atoms. The second kappa shape index (κ2) is 6.97. The van der Waals surface area contributed by atoms with Crippen molar-refractivity contribution in [3.05, 3.63) is 101 Å². The van der Waals surface area contributed by atoms with E-state index in [1.165, 1.54) is 12.5 Å². The van der Waals surface area contributed by atoms with Crippen LogP contribution in [0.1, 0.15) is 15.9 Å². The van der Waals surface area contributed by atoms with E-state index in [0.717, 1.165) is 26.7 Å². The van der Waals surface area contributed by atoms with Crippen LogP contribution in [-0.4, -0.2) is 25.3 Å². The molecule has 0 aliphatic rings. The molecule has 0 aliphatic carbocycles. The molecule has 0 spiro atoms. The fourth-order valence-electron chi connectivity index (χ4n) is 3.46.